The molecule has 2 bridgehead atoms. The van der Waals surface area contributed by atoms with Crippen molar-refractivity contribution >= 4 is 0 Å². The Morgan fingerprint density at radius 1 is 1.10 bits per heavy atom. The maximum Gasteiger partial charge on any atom is 0.0935 e. The van der Waals surface area contributed by atoms with Gasteiger partial charge in [-0.1, -0.05) is 45.0 Å². The van der Waals surface area contributed by atoms with Crippen molar-refractivity contribution in [2.45, 2.75) is 51.9 Å². The first-order valence-electron chi connectivity index (χ1n) is 7.89. The highest BCUT2D eigenvalue weighted by Gasteiger charge is 2.60. The van der Waals surface area contributed by atoms with Crippen LogP contribution < -0.4 is 0 Å². The van der Waals surface area contributed by atoms with Crippen LogP contribution in [0.2, 0.25) is 0 Å². The summed E-state index contributed by atoms with van der Waals surface area (Å²) in [5.74, 6) is 0.635. The zero-order valence-electron chi connectivity index (χ0n) is 13.3. The van der Waals surface area contributed by atoms with Gasteiger partial charge in [-0.25, -0.2) is 0 Å². The van der Waals surface area contributed by atoms with Gasteiger partial charge < -0.3 is 0 Å². The smallest absolute Gasteiger partial charge is 0.0935 e. The third kappa shape index (κ3) is 1.48. The number of aromatic nitrogens is 2. The van der Waals surface area contributed by atoms with Crippen molar-refractivity contribution in [3.05, 3.63) is 47.2 Å². The summed E-state index contributed by atoms with van der Waals surface area (Å²) in [5.41, 5.74) is 6.69. The molecule has 108 valence electrons. The van der Waals surface area contributed by atoms with E-state index in [0.717, 1.165) is 5.69 Å². The molecule has 0 saturated heterocycles. The lowest BCUT2D eigenvalue weighted by Crippen LogP contribution is -2.32. The monoisotopic (exact) mass is 278 g/mol. The van der Waals surface area contributed by atoms with E-state index >= 15 is 0 Å². The Morgan fingerprint density at radius 3 is 2.62 bits per heavy atom. The number of benzene rings is 1. The fraction of sp³-hybridized carbons (Fsp3) is 0.474. The van der Waals surface area contributed by atoms with Gasteiger partial charge in [0.25, 0.3) is 0 Å². The minimum Gasteiger partial charge on any atom is -0.154 e. The van der Waals surface area contributed by atoms with Gasteiger partial charge in [-0.15, -0.1) is 0 Å². The van der Waals surface area contributed by atoms with Crippen LogP contribution in [0.15, 0.2) is 30.3 Å². The van der Waals surface area contributed by atoms with E-state index in [2.05, 4.69) is 68.2 Å². The normalized spacial score (nSPS) is 28.7. The molecule has 2 nitrogen and oxygen atoms in total. The predicted molar refractivity (Wildman–Crippen MR) is 85.3 cm³/mol. The second-order valence-electron chi connectivity index (χ2n) is 7.49. The molecule has 0 unspecified atom stereocenters. The molecule has 1 aromatic heterocycles. The fourth-order valence-electron chi connectivity index (χ4n) is 4.56. The summed E-state index contributed by atoms with van der Waals surface area (Å²) in [6.45, 7) is 9.32. The largest absolute Gasteiger partial charge is 0.154 e. The van der Waals surface area contributed by atoms with E-state index in [9.17, 15) is 0 Å². The van der Waals surface area contributed by atoms with E-state index in [1.165, 1.54) is 35.2 Å². The quantitative estimate of drug-likeness (QED) is 0.760. The number of fused-ring (bicyclic) bond motifs is 5. The molecule has 2 aliphatic carbocycles. The van der Waals surface area contributed by atoms with E-state index in [4.69, 9.17) is 0 Å². The Hall–Kier alpha value is -1.70. The third-order valence-electron chi connectivity index (χ3n) is 6.37. The van der Waals surface area contributed by atoms with Crippen LogP contribution in [0.25, 0.3) is 11.3 Å². The van der Waals surface area contributed by atoms with E-state index in [1.807, 2.05) is 0 Å². The second kappa shape index (κ2) is 3.94. The molecule has 2 aromatic rings. The summed E-state index contributed by atoms with van der Waals surface area (Å²) < 4.78 is 0. The molecule has 1 heterocycles. The minimum absolute atomic E-state index is 0.199. The van der Waals surface area contributed by atoms with Crippen LogP contribution in [0.4, 0.5) is 0 Å². The van der Waals surface area contributed by atoms with Crippen molar-refractivity contribution in [1.82, 2.24) is 10.2 Å². The van der Waals surface area contributed by atoms with Crippen molar-refractivity contribution < 1.29 is 0 Å². The van der Waals surface area contributed by atoms with Crippen LogP contribution in [0.3, 0.4) is 0 Å². The molecule has 2 heteroatoms. The maximum absolute atomic E-state index is 4.68. The number of hydrogen-bond donors (Lipinski definition) is 0. The molecule has 1 fully saturated rings. The highest BCUT2D eigenvalue weighted by atomic mass is 15.1. The van der Waals surface area contributed by atoms with E-state index < -0.39 is 0 Å². The Kier molecular flexibility index (Phi) is 2.44. The summed E-state index contributed by atoms with van der Waals surface area (Å²) in [4.78, 5) is 0. The lowest BCUT2D eigenvalue weighted by atomic mass is 9.70. The summed E-state index contributed by atoms with van der Waals surface area (Å²) in [6.07, 6.45) is 2.53. The summed E-state index contributed by atoms with van der Waals surface area (Å²) in [6, 6.07) is 10.7. The van der Waals surface area contributed by atoms with Crippen LogP contribution in [-0.4, -0.2) is 10.2 Å². The zero-order chi connectivity index (χ0) is 14.8. The minimum atomic E-state index is 0.199. The van der Waals surface area contributed by atoms with Gasteiger partial charge >= 0.3 is 0 Å². The Bertz CT molecular complexity index is 732. The van der Waals surface area contributed by atoms with Crippen molar-refractivity contribution in [1.29, 1.82) is 0 Å². The van der Waals surface area contributed by atoms with Gasteiger partial charge in [0.05, 0.1) is 11.4 Å². The molecule has 0 amide bonds. The van der Waals surface area contributed by atoms with Crippen LogP contribution in [-0.2, 0) is 5.41 Å². The first-order chi connectivity index (χ1) is 9.95. The summed E-state index contributed by atoms with van der Waals surface area (Å²) in [7, 11) is 0. The Labute approximate surface area is 126 Å². The molecule has 0 N–H and O–H groups in total. The number of aryl methyl sites for hydroxylation is 1. The molecule has 1 aromatic carbocycles. The van der Waals surface area contributed by atoms with Crippen LogP contribution in [0.5, 0.6) is 0 Å². The topological polar surface area (TPSA) is 25.8 Å². The highest BCUT2D eigenvalue weighted by molar-refractivity contribution is 5.65. The van der Waals surface area contributed by atoms with Crippen molar-refractivity contribution in [3.63, 3.8) is 0 Å². The second-order valence-corrected chi connectivity index (χ2v) is 7.49. The summed E-state index contributed by atoms with van der Waals surface area (Å²) >= 11 is 0. The van der Waals surface area contributed by atoms with Crippen molar-refractivity contribution in [2.24, 2.45) is 5.41 Å². The predicted octanol–water partition coefficient (Wildman–Crippen LogP) is 4.63. The average molecular weight is 278 g/mol. The summed E-state index contributed by atoms with van der Waals surface area (Å²) in [5, 5.41) is 9.24. The number of hydrogen-bond acceptors (Lipinski definition) is 2. The number of rotatable bonds is 1. The first kappa shape index (κ1) is 13.0. The van der Waals surface area contributed by atoms with Crippen LogP contribution >= 0.6 is 0 Å². The van der Waals surface area contributed by atoms with Crippen LogP contribution in [0.1, 0.15) is 56.4 Å². The molecular formula is C19H22N2. The van der Waals surface area contributed by atoms with Crippen LogP contribution in [0, 0.1) is 12.3 Å². The van der Waals surface area contributed by atoms with Gasteiger partial charge in [0, 0.05) is 11.0 Å². The van der Waals surface area contributed by atoms with Gasteiger partial charge in [-0.2, -0.15) is 10.2 Å². The third-order valence-corrected chi connectivity index (χ3v) is 6.37. The van der Waals surface area contributed by atoms with Gasteiger partial charge in [0.2, 0.25) is 0 Å². The number of nitrogens with zero attached hydrogens (tertiary/aromatic N) is 2. The lowest BCUT2D eigenvalue weighted by molar-refractivity contribution is 0.226. The Morgan fingerprint density at radius 2 is 1.86 bits per heavy atom. The fourth-order valence-corrected chi connectivity index (χ4v) is 4.56. The van der Waals surface area contributed by atoms with E-state index in [1.54, 1.807) is 0 Å². The van der Waals surface area contributed by atoms with E-state index in [-0.39, 0.29) is 5.41 Å². The highest BCUT2D eigenvalue weighted by Crippen LogP contribution is 2.67. The molecule has 1 saturated carbocycles. The molecule has 0 aliphatic heterocycles. The van der Waals surface area contributed by atoms with Crippen molar-refractivity contribution in [3.8, 4) is 11.3 Å². The van der Waals surface area contributed by atoms with Gasteiger partial charge in [0.1, 0.15) is 0 Å². The Balaban J connectivity index is 1.89. The molecular weight excluding hydrogens is 256 g/mol. The van der Waals surface area contributed by atoms with Gasteiger partial charge in [0.15, 0.2) is 0 Å². The first-order valence-corrected chi connectivity index (χ1v) is 7.89. The standard InChI is InChI=1S/C19H22N2/c1-12-7-5-6-8-13(12)16-11-14-15-9-10-19(4,18(15,2)3)17(14)21-20-16/h5-8,11,15H,9-10H2,1-4H3/t15-,19+/m0/s1. The molecule has 0 spiro atoms. The van der Waals surface area contributed by atoms with E-state index in [0.29, 0.717) is 11.3 Å². The zero-order valence-corrected chi connectivity index (χ0v) is 13.3. The van der Waals surface area contributed by atoms with Crippen molar-refractivity contribution in [2.75, 3.05) is 0 Å². The molecule has 4 rings (SSSR count). The molecule has 2 aliphatic rings. The molecule has 0 radical (unpaired) electrons. The molecule has 21 heavy (non-hydrogen) atoms. The maximum atomic E-state index is 4.68. The molecule has 2 atom stereocenters. The van der Waals surface area contributed by atoms with Gasteiger partial charge in [-0.3, -0.25) is 0 Å². The SMILES string of the molecule is Cc1ccccc1-c1cc2c(nn1)[C@@]1(C)CC[C@@H]2C1(C)C. The lowest BCUT2D eigenvalue weighted by Gasteiger charge is -2.33. The average Bonchev–Trinajstić information content (AvgIpc) is 2.79. The van der Waals surface area contributed by atoms with Gasteiger partial charge in [-0.05, 0) is 48.3 Å².